The van der Waals surface area contributed by atoms with E-state index in [4.69, 9.17) is 9.52 Å². The summed E-state index contributed by atoms with van der Waals surface area (Å²) in [5.74, 6) is -1.63. The van der Waals surface area contributed by atoms with E-state index >= 15 is 0 Å². The van der Waals surface area contributed by atoms with Crippen LogP contribution in [0.3, 0.4) is 0 Å². The van der Waals surface area contributed by atoms with Crippen molar-refractivity contribution in [3.8, 4) is 0 Å². The van der Waals surface area contributed by atoms with Gasteiger partial charge in [-0.3, -0.25) is 0 Å². The van der Waals surface area contributed by atoms with Gasteiger partial charge in [-0.25, -0.2) is 17.9 Å². The van der Waals surface area contributed by atoms with E-state index in [1.54, 1.807) is 6.92 Å². The highest BCUT2D eigenvalue weighted by Gasteiger charge is 2.25. The first kappa shape index (κ1) is 17.2. The molecule has 0 aliphatic heterocycles. The first-order chi connectivity index (χ1) is 10.8. The maximum atomic E-state index is 12.3. The minimum atomic E-state index is -3.81. The molecule has 0 aliphatic carbocycles. The zero-order chi connectivity index (χ0) is 17.0. The normalized spacial score (nSPS) is 13.0. The number of aromatic carboxylic acids is 1. The largest absolute Gasteiger partial charge is 0.475 e. The second kappa shape index (κ2) is 6.97. The molecule has 1 unspecified atom stereocenters. The summed E-state index contributed by atoms with van der Waals surface area (Å²) in [7, 11) is -3.81. The van der Waals surface area contributed by atoms with E-state index < -0.39 is 16.0 Å². The van der Waals surface area contributed by atoms with E-state index in [2.05, 4.69) is 4.72 Å². The minimum Gasteiger partial charge on any atom is -0.475 e. The van der Waals surface area contributed by atoms with Gasteiger partial charge in [0.1, 0.15) is 10.7 Å². The van der Waals surface area contributed by atoms with E-state index in [1.807, 2.05) is 30.3 Å². The Hall–Kier alpha value is -2.12. The fourth-order valence-electron chi connectivity index (χ4n) is 2.25. The molecule has 6 nitrogen and oxygen atoms in total. The van der Waals surface area contributed by atoms with Crippen LogP contribution in [0.2, 0.25) is 0 Å². The zero-order valence-corrected chi connectivity index (χ0v) is 13.8. The predicted octanol–water partition coefficient (Wildman–Crippen LogP) is 2.59. The molecule has 0 aliphatic rings. The van der Waals surface area contributed by atoms with E-state index in [1.165, 1.54) is 6.92 Å². The van der Waals surface area contributed by atoms with Crippen molar-refractivity contribution in [2.75, 3.05) is 0 Å². The molecule has 0 spiro atoms. The molecule has 2 aromatic rings. The van der Waals surface area contributed by atoms with Gasteiger partial charge in [-0.2, -0.15) is 0 Å². The highest BCUT2D eigenvalue weighted by atomic mass is 32.2. The molecule has 1 atom stereocenters. The van der Waals surface area contributed by atoms with Crippen molar-refractivity contribution in [3.05, 3.63) is 53.5 Å². The van der Waals surface area contributed by atoms with Gasteiger partial charge in [0.15, 0.2) is 0 Å². The molecule has 2 N–H and O–H groups in total. The average molecular weight is 337 g/mol. The number of carboxylic acids is 1. The van der Waals surface area contributed by atoms with E-state index in [9.17, 15) is 13.2 Å². The van der Waals surface area contributed by atoms with Crippen LogP contribution in [0, 0.1) is 6.92 Å². The summed E-state index contributed by atoms with van der Waals surface area (Å²) in [6.45, 7) is 3.20. The number of rotatable bonds is 7. The maximum absolute atomic E-state index is 12.3. The van der Waals surface area contributed by atoms with E-state index in [0.717, 1.165) is 18.1 Å². The minimum absolute atomic E-state index is 0.0603. The van der Waals surface area contributed by atoms with Gasteiger partial charge in [-0.1, -0.05) is 30.3 Å². The van der Waals surface area contributed by atoms with Crippen molar-refractivity contribution in [1.29, 1.82) is 0 Å². The fourth-order valence-corrected chi connectivity index (χ4v) is 3.71. The van der Waals surface area contributed by atoms with Crippen molar-refractivity contribution in [3.63, 3.8) is 0 Å². The lowest BCUT2D eigenvalue weighted by atomic mass is 10.1. The highest BCUT2D eigenvalue weighted by molar-refractivity contribution is 7.89. The molecule has 0 saturated carbocycles. The number of carboxylic acid groups (broad SMARTS) is 1. The van der Waals surface area contributed by atoms with Crippen LogP contribution in [0.15, 0.2) is 45.7 Å². The maximum Gasteiger partial charge on any atom is 0.371 e. The zero-order valence-electron chi connectivity index (χ0n) is 12.9. The Balaban J connectivity index is 2.04. The number of sulfonamides is 1. The Morgan fingerprint density at radius 2 is 1.96 bits per heavy atom. The van der Waals surface area contributed by atoms with Gasteiger partial charge in [-0.05, 0) is 32.3 Å². The fraction of sp³-hybridized carbons (Fsp3) is 0.312. The van der Waals surface area contributed by atoms with Crippen molar-refractivity contribution >= 4 is 16.0 Å². The average Bonchev–Trinajstić information content (AvgIpc) is 2.89. The predicted molar refractivity (Wildman–Crippen MR) is 85.0 cm³/mol. The van der Waals surface area contributed by atoms with Crippen LogP contribution in [0.5, 0.6) is 0 Å². The number of nitrogens with one attached hydrogen (secondary N) is 1. The summed E-state index contributed by atoms with van der Waals surface area (Å²) in [5.41, 5.74) is 1.13. The van der Waals surface area contributed by atoms with Gasteiger partial charge < -0.3 is 9.52 Å². The van der Waals surface area contributed by atoms with Crippen LogP contribution < -0.4 is 4.72 Å². The molecule has 0 bridgehead atoms. The molecular formula is C16H19NO5S. The van der Waals surface area contributed by atoms with Crippen LogP contribution in [0.25, 0.3) is 0 Å². The third-order valence-electron chi connectivity index (χ3n) is 3.44. The molecule has 0 fully saturated rings. The van der Waals surface area contributed by atoms with Crippen molar-refractivity contribution in [2.24, 2.45) is 0 Å². The summed E-state index contributed by atoms with van der Waals surface area (Å²) < 4.78 is 32.2. The molecule has 1 aromatic carbocycles. The van der Waals surface area contributed by atoms with Gasteiger partial charge >= 0.3 is 5.97 Å². The Labute approximate surface area is 135 Å². The van der Waals surface area contributed by atoms with Gasteiger partial charge in [-0.15, -0.1) is 0 Å². The Bertz CT molecular complexity index is 780. The molecule has 124 valence electrons. The quantitative estimate of drug-likeness (QED) is 0.809. The van der Waals surface area contributed by atoms with Gasteiger partial charge in [0.05, 0.1) is 0 Å². The summed E-state index contributed by atoms with van der Waals surface area (Å²) in [4.78, 5) is 10.7. The van der Waals surface area contributed by atoms with Crippen molar-refractivity contribution < 1.29 is 22.7 Å². The summed E-state index contributed by atoms with van der Waals surface area (Å²) in [6, 6.07) is 10.5. The van der Waals surface area contributed by atoms with E-state index in [-0.39, 0.29) is 22.5 Å². The van der Waals surface area contributed by atoms with Crippen LogP contribution in [0.4, 0.5) is 0 Å². The number of aryl methyl sites for hydroxylation is 2. The number of furan rings is 1. The third kappa shape index (κ3) is 4.43. The number of benzene rings is 1. The van der Waals surface area contributed by atoms with E-state index in [0.29, 0.717) is 6.42 Å². The lowest BCUT2D eigenvalue weighted by Gasteiger charge is -2.13. The highest BCUT2D eigenvalue weighted by Crippen LogP contribution is 2.20. The van der Waals surface area contributed by atoms with Gasteiger partial charge in [0.2, 0.25) is 15.8 Å². The van der Waals surface area contributed by atoms with Gasteiger partial charge in [0.25, 0.3) is 0 Å². The van der Waals surface area contributed by atoms with Gasteiger partial charge in [0, 0.05) is 12.1 Å². The third-order valence-corrected chi connectivity index (χ3v) is 5.13. The summed E-state index contributed by atoms with van der Waals surface area (Å²) >= 11 is 0. The lowest BCUT2D eigenvalue weighted by molar-refractivity contribution is 0.0661. The van der Waals surface area contributed by atoms with Crippen LogP contribution >= 0.6 is 0 Å². The molecule has 1 aromatic heterocycles. The Morgan fingerprint density at radius 1 is 1.30 bits per heavy atom. The molecule has 0 radical (unpaired) electrons. The molecule has 23 heavy (non-hydrogen) atoms. The smallest absolute Gasteiger partial charge is 0.371 e. The van der Waals surface area contributed by atoms with Crippen molar-refractivity contribution in [1.82, 2.24) is 4.72 Å². The summed E-state index contributed by atoms with van der Waals surface area (Å²) in [6.07, 6.45) is 1.38. The molecule has 0 amide bonds. The topological polar surface area (TPSA) is 96.6 Å². The van der Waals surface area contributed by atoms with Crippen LogP contribution in [-0.2, 0) is 16.4 Å². The van der Waals surface area contributed by atoms with Crippen molar-refractivity contribution in [2.45, 2.75) is 37.6 Å². The molecule has 0 saturated heterocycles. The van der Waals surface area contributed by atoms with Crippen LogP contribution in [-0.4, -0.2) is 25.5 Å². The van der Waals surface area contributed by atoms with Crippen LogP contribution in [0.1, 0.15) is 35.2 Å². The second-order valence-electron chi connectivity index (χ2n) is 5.38. The molecular weight excluding hydrogens is 318 g/mol. The molecule has 7 heteroatoms. The second-order valence-corrected chi connectivity index (χ2v) is 7.07. The Kier molecular flexibility index (Phi) is 5.23. The lowest BCUT2D eigenvalue weighted by Crippen LogP contribution is -2.33. The Morgan fingerprint density at radius 3 is 2.52 bits per heavy atom. The summed E-state index contributed by atoms with van der Waals surface area (Å²) in [5, 5.41) is 8.87. The molecule has 2 rings (SSSR count). The number of hydrogen-bond acceptors (Lipinski definition) is 4. The number of hydrogen-bond donors (Lipinski definition) is 2. The monoisotopic (exact) mass is 337 g/mol. The number of carbonyl (C=O) groups is 1. The molecule has 1 heterocycles. The first-order valence-corrected chi connectivity index (χ1v) is 8.68. The SMILES string of the molecule is Cc1oc(C(=O)O)cc1S(=O)(=O)NC(C)CCc1ccccc1. The first-order valence-electron chi connectivity index (χ1n) is 7.19. The standard InChI is InChI=1S/C16H19NO5S/c1-11(8-9-13-6-4-3-5-7-13)17-23(20,21)15-10-14(16(18)19)22-12(15)2/h3-7,10-11,17H,8-9H2,1-2H3,(H,18,19).